The van der Waals surface area contributed by atoms with Crippen molar-refractivity contribution in [3.05, 3.63) is 28.5 Å². The van der Waals surface area contributed by atoms with Crippen molar-refractivity contribution in [1.29, 1.82) is 0 Å². The average Bonchev–Trinajstić information content (AvgIpc) is 2.30. The number of Topliss-reactive ketones (excluding diaryl/α,β-unsaturated/α-hetero) is 1. The number of benzene rings is 1. The van der Waals surface area contributed by atoms with E-state index in [9.17, 15) is 18.8 Å². The van der Waals surface area contributed by atoms with E-state index in [1.807, 2.05) is 0 Å². The van der Waals surface area contributed by atoms with Crippen molar-refractivity contribution in [1.82, 2.24) is 0 Å². The Labute approximate surface area is 133 Å². The highest BCUT2D eigenvalue weighted by atomic mass is 35.5. The van der Waals surface area contributed by atoms with Gasteiger partial charge in [-0.05, 0) is 39.8 Å². The number of nitrogens with zero attached hydrogens (tertiary/aromatic N) is 1. The van der Waals surface area contributed by atoms with Crippen molar-refractivity contribution in [2.75, 3.05) is 4.90 Å². The summed E-state index contributed by atoms with van der Waals surface area (Å²) in [7, 11) is 0. The molecule has 0 N–H and O–H groups in total. The maximum Gasteiger partial charge on any atom is 0.421 e. The number of halogens is 2. The lowest BCUT2D eigenvalue weighted by Crippen LogP contribution is -2.40. The van der Waals surface area contributed by atoms with Crippen LogP contribution in [0.5, 0.6) is 0 Å². The lowest BCUT2D eigenvalue weighted by molar-refractivity contribution is -0.116. The summed E-state index contributed by atoms with van der Waals surface area (Å²) >= 11 is 5.70. The molecule has 0 spiro atoms. The maximum atomic E-state index is 13.6. The van der Waals surface area contributed by atoms with Gasteiger partial charge in [0.2, 0.25) is 5.91 Å². The van der Waals surface area contributed by atoms with Gasteiger partial charge in [-0.3, -0.25) is 9.59 Å². The van der Waals surface area contributed by atoms with Gasteiger partial charge in [0, 0.05) is 12.5 Å². The summed E-state index contributed by atoms with van der Waals surface area (Å²) in [4.78, 5) is 36.4. The largest absolute Gasteiger partial charge is 0.443 e. The number of anilines is 1. The molecule has 0 saturated carbocycles. The number of amides is 2. The summed E-state index contributed by atoms with van der Waals surface area (Å²) in [6, 6.07) is 1.94. The molecule has 0 saturated heterocycles. The van der Waals surface area contributed by atoms with Crippen LogP contribution in [0.3, 0.4) is 0 Å². The maximum absolute atomic E-state index is 13.6. The van der Waals surface area contributed by atoms with Crippen LogP contribution in [0, 0.1) is 5.82 Å². The van der Waals surface area contributed by atoms with Crippen LogP contribution in [0.2, 0.25) is 5.02 Å². The molecule has 0 atom stereocenters. The number of ether oxygens (including phenoxy) is 1. The van der Waals surface area contributed by atoms with E-state index < -0.39 is 29.2 Å². The number of imide groups is 1. The number of hydrogen-bond donors (Lipinski definition) is 0. The number of carbonyl (C=O) groups is 3. The van der Waals surface area contributed by atoms with Crippen LogP contribution < -0.4 is 4.90 Å². The molecule has 0 aromatic heterocycles. The van der Waals surface area contributed by atoms with E-state index in [0.29, 0.717) is 4.90 Å². The van der Waals surface area contributed by atoms with Gasteiger partial charge in [0.05, 0.1) is 10.7 Å². The Kier molecular flexibility index (Phi) is 5.30. The highest BCUT2D eigenvalue weighted by Gasteiger charge is 2.30. The van der Waals surface area contributed by atoms with Crippen LogP contribution in [0.4, 0.5) is 14.9 Å². The Bertz CT molecular complexity index is 637. The minimum Gasteiger partial charge on any atom is -0.443 e. The first-order valence-electron chi connectivity index (χ1n) is 6.47. The fourth-order valence-corrected chi connectivity index (χ4v) is 1.87. The molecule has 22 heavy (non-hydrogen) atoms. The van der Waals surface area contributed by atoms with Crippen molar-refractivity contribution < 1.29 is 23.5 Å². The summed E-state index contributed by atoms with van der Waals surface area (Å²) in [6.45, 7) is 7.22. The second kappa shape index (κ2) is 6.44. The SMILES string of the molecule is CC(=O)c1cc(F)c(Cl)cc1N(C(C)=O)C(=O)OC(C)(C)C. The van der Waals surface area contributed by atoms with Gasteiger partial charge in [-0.15, -0.1) is 0 Å². The number of hydrogen-bond acceptors (Lipinski definition) is 4. The zero-order chi connectivity index (χ0) is 17.2. The van der Waals surface area contributed by atoms with Gasteiger partial charge in [0.25, 0.3) is 0 Å². The Morgan fingerprint density at radius 3 is 2.14 bits per heavy atom. The molecular weight excluding hydrogens is 313 g/mol. The van der Waals surface area contributed by atoms with Gasteiger partial charge in [-0.25, -0.2) is 14.1 Å². The Morgan fingerprint density at radius 1 is 1.18 bits per heavy atom. The molecule has 0 bridgehead atoms. The molecule has 0 heterocycles. The third kappa shape index (κ3) is 4.27. The third-order valence-electron chi connectivity index (χ3n) is 2.55. The Hall–Kier alpha value is -1.95. The predicted octanol–water partition coefficient (Wildman–Crippen LogP) is 3.97. The molecule has 1 aromatic carbocycles. The molecule has 0 fully saturated rings. The van der Waals surface area contributed by atoms with Crippen LogP contribution in [0.1, 0.15) is 45.0 Å². The quantitative estimate of drug-likeness (QED) is 0.770. The summed E-state index contributed by atoms with van der Waals surface area (Å²) in [6.07, 6.45) is -0.967. The first kappa shape index (κ1) is 18.1. The zero-order valence-corrected chi connectivity index (χ0v) is 13.7. The second-order valence-corrected chi connectivity index (χ2v) is 6.08. The highest BCUT2D eigenvalue weighted by molar-refractivity contribution is 6.31. The van der Waals surface area contributed by atoms with Crippen molar-refractivity contribution in [3.63, 3.8) is 0 Å². The molecule has 0 unspecified atom stereocenters. The second-order valence-electron chi connectivity index (χ2n) is 5.67. The average molecular weight is 330 g/mol. The first-order valence-corrected chi connectivity index (χ1v) is 6.85. The van der Waals surface area contributed by atoms with E-state index >= 15 is 0 Å². The van der Waals surface area contributed by atoms with E-state index in [1.165, 1.54) is 6.92 Å². The van der Waals surface area contributed by atoms with E-state index in [-0.39, 0.29) is 16.3 Å². The van der Waals surface area contributed by atoms with Crippen LogP contribution in [0.15, 0.2) is 12.1 Å². The van der Waals surface area contributed by atoms with Crippen molar-refractivity contribution >= 4 is 35.1 Å². The fraction of sp³-hybridized carbons (Fsp3) is 0.400. The minimum atomic E-state index is -0.967. The topological polar surface area (TPSA) is 63.7 Å². The third-order valence-corrected chi connectivity index (χ3v) is 2.84. The number of carbonyl (C=O) groups excluding carboxylic acids is 3. The molecular formula is C15H17ClFNO4. The van der Waals surface area contributed by atoms with Crippen molar-refractivity contribution in [2.24, 2.45) is 0 Å². The van der Waals surface area contributed by atoms with Gasteiger partial charge in [0.1, 0.15) is 11.4 Å². The molecule has 0 aliphatic rings. The smallest absolute Gasteiger partial charge is 0.421 e. The minimum absolute atomic E-state index is 0.111. The number of rotatable bonds is 2. The summed E-state index contributed by atoms with van der Waals surface area (Å²) in [5, 5.41) is -0.310. The van der Waals surface area contributed by atoms with Gasteiger partial charge < -0.3 is 4.74 Å². The van der Waals surface area contributed by atoms with Gasteiger partial charge in [-0.1, -0.05) is 11.6 Å². The Balaban J connectivity index is 3.45. The van der Waals surface area contributed by atoms with Gasteiger partial charge >= 0.3 is 6.09 Å². The van der Waals surface area contributed by atoms with Crippen LogP contribution in [-0.4, -0.2) is 23.4 Å². The molecule has 2 amide bonds. The molecule has 7 heteroatoms. The first-order chi connectivity index (χ1) is 9.94. The summed E-state index contributed by atoms with van der Waals surface area (Å²) in [5.41, 5.74) is -1.09. The molecule has 120 valence electrons. The predicted molar refractivity (Wildman–Crippen MR) is 80.8 cm³/mol. The molecule has 1 rings (SSSR count). The van der Waals surface area contributed by atoms with E-state index in [4.69, 9.17) is 16.3 Å². The summed E-state index contributed by atoms with van der Waals surface area (Å²) in [5.74, 6) is -2.01. The van der Waals surface area contributed by atoms with Crippen LogP contribution in [-0.2, 0) is 9.53 Å². The standard InChI is InChI=1S/C15H17ClFNO4/c1-8(19)10-6-12(17)11(16)7-13(10)18(9(2)20)14(21)22-15(3,4)5/h6-7H,1-5H3. The van der Waals surface area contributed by atoms with Crippen molar-refractivity contribution in [3.8, 4) is 0 Å². The molecule has 0 radical (unpaired) electrons. The monoisotopic (exact) mass is 329 g/mol. The van der Waals surface area contributed by atoms with Gasteiger partial charge in [0.15, 0.2) is 5.78 Å². The van der Waals surface area contributed by atoms with E-state index in [0.717, 1.165) is 19.1 Å². The lowest BCUT2D eigenvalue weighted by Gasteiger charge is -2.26. The van der Waals surface area contributed by atoms with E-state index in [1.54, 1.807) is 20.8 Å². The van der Waals surface area contributed by atoms with Crippen molar-refractivity contribution in [2.45, 2.75) is 40.2 Å². The van der Waals surface area contributed by atoms with Crippen LogP contribution in [0.25, 0.3) is 0 Å². The normalized spacial score (nSPS) is 11.0. The Morgan fingerprint density at radius 2 is 1.73 bits per heavy atom. The molecule has 0 aliphatic carbocycles. The van der Waals surface area contributed by atoms with Gasteiger partial charge in [-0.2, -0.15) is 0 Å². The zero-order valence-electron chi connectivity index (χ0n) is 13.0. The van der Waals surface area contributed by atoms with E-state index in [2.05, 4.69) is 0 Å². The van der Waals surface area contributed by atoms with Crippen LogP contribution >= 0.6 is 11.6 Å². The lowest BCUT2D eigenvalue weighted by atomic mass is 10.1. The molecule has 1 aromatic rings. The molecule has 5 nitrogen and oxygen atoms in total. The number of ketones is 1. The molecule has 0 aliphatic heterocycles. The summed E-state index contributed by atoms with van der Waals surface area (Å²) < 4.78 is 18.7. The highest BCUT2D eigenvalue weighted by Crippen LogP contribution is 2.29. The fourth-order valence-electron chi connectivity index (χ4n) is 1.71.